The number of methoxy groups -OCH3 is 2. The molecule has 1 aliphatic rings. The molecule has 3 rings (SSSR count). The Balaban J connectivity index is 2.47. The normalized spacial score (nSPS) is 15.1. The van der Waals surface area contributed by atoms with Crippen LogP contribution < -0.4 is 0 Å². The number of aryl methyl sites for hydroxylation is 1. The van der Waals surface area contributed by atoms with E-state index >= 15 is 0 Å². The van der Waals surface area contributed by atoms with E-state index in [2.05, 4.69) is 0 Å². The van der Waals surface area contributed by atoms with Crippen LogP contribution >= 0.6 is 23.2 Å². The van der Waals surface area contributed by atoms with Gasteiger partial charge in [-0.15, -0.1) is 0 Å². The van der Waals surface area contributed by atoms with E-state index in [0.717, 1.165) is 27.8 Å². The first-order valence-corrected chi connectivity index (χ1v) is 7.01. The molecule has 0 heterocycles. The lowest BCUT2D eigenvalue weighted by atomic mass is 10.0. The summed E-state index contributed by atoms with van der Waals surface area (Å²) < 4.78 is 11.5. The number of benzene rings is 2. The van der Waals surface area contributed by atoms with E-state index in [1.54, 1.807) is 14.2 Å². The lowest BCUT2D eigenvalue weighted by Crippen LogP contribution is -2.30. The van der Waals surface area contributed by atoms with Crippen LogP contribution in [0.2, 0.25) is 10.0 Å². The topological polar surface area (TPSA) is 18.5 Å². The minimum absolute atomic E-state index is 0.608. The molecule has 0 saturated carbocycles. The fraction of sp³-hybridized carbons (Fsp3) is 0.250. The summed E-state index contributed by atoms with van der Waals surface area (Å²) in [5.74, 6) is -1.05. The van der Waals surface area contributed by atoms with E-state index in [9.17, 15) is 0 Å². The second kappa shape index (κ2) is 4.74. The maximum Gasteiger partial charge on any atom is 0.226 e. The molecule has 0 spiro atoms. The van der Waals surface area contributed by atoms with Gasteiger partial charge in [0.1, 0.15) is 0 Å². The van der Waals surface area contributed by atoms with Gasteiger partial charge in [0.15, 0.2) is 0 Å². The van der Waals surface area contributed by atoms with Crippen molar-refractivity contribution in [3.05, 3.63) is 57.1 Å². The molecule has 0 radical (unpaired) electrons. The van der Waals surface area contributed by atoms with Gasteiger partial charge in [-0.2, -0.15) is 0 Å². The fourth-order valence-corrected chi connectivity index (χ4v) is 3.51. The minimum atomic E-state index is -1.05. The third-order valence-corrected chi connectivity index (χ3v) is 4.67. The molecule has 1 aliphatic carbocycles. The zero-order valence-electron chi connectivity index (χ0n) is 11.5. The Bertz CT molecular complexity index is 691. The second-order valence-corrected chi connectivity index (χ2v) is 5.59. The van der Waals surface area contributed by atoms with Crippen LogP contribution in [0.1, 0.15) is 16.7 Å². The fourth-order valence-electron chi connectivity index (χ4n) is 2.93. The average Bonchev–Trinajstić information content (AvgIpc) is 2.75. The van der Waals surface area contributed by atoms with Crippen LogP contribution in [0.4, 0.5) is 0 Å². The molecular weight excluding hydrogens is 295 g/mol. The first kappa shape index (κ1) is 13.9. The molecule has 2 aromatic carbocycles. The Morgan fingerprint density at radius 1 is 0.900 bits per heavy atom. The first-order chi connectivity index (χ1) is 9.56. The number of hydrogen-bond acceptors (Lipinski definition) is 2. The molecule has 0 unspecified atom stereocenters. The Morgan fingerprint density at radius 2 is 1.55 bits per heavy atom. The maximum absolute atomic E-state index is 6.52. The SMILES string of the molecule is COC1(OC)c2c(Cl)cccc2-c2ccc(C)c(Cl)c21. The summed E-state index contributed by atoms with van der Waals surface area (Å²) >= 11 is 12.9. The molecule has 0 N–H and O–H groups in total. The van der Waals surface area contributed by atoms with Crippen LogP contribution in [-0.4, -0.2) is 14.2 Å². The van der Waals surface area contributed by atoms with Gasteiger partial charge in [0.05, 0.1) is 10.0 Å². The smallest absolute Gasteiger partial charge is 0.226 e. The van der Waals surface area contributed by atoms with Crippen molar-refractivity contribution >= 4 is 23.2 Å². The van der Waals surface area contributed by atoms with Crippen molar-refractivity contribution in [2.24, 2.45) is 0 Å². The molecule has 20 heavy (non-hydrogen) atoms. The number of halogens is 2. The summed E-state index contributed by atoms with van der Waals surface area (Å²) in [5.41, 5.74) is 4.62. The van der Waals surface area contributed by atoms with Gasteiger partial charge in [-0.05, 0) is 29.7 Å². The van der Waals surface area contributed by atoms with Crippen LogP contribution in [0.25, 0.3) is 11.1 Å². The molecular formula is C16H14Cl2O2. The van der Waals surface area contributed by atoms with Crippen molar-refractivity contribution in [2.45, 2.75) is 12.7 Å². The molecule has 0 aliphatic heterocycles. The van der Waals surface area contributed by atoms with Gasteiger partial charge in [-0.1, -0.05) is 47.5 Å². The summed E-state index contributed by atoms with van der Waals surface area (Å²) in [6.45, 7) is 1.96. The Kier molecular flexibility index (Phi) is 3.30. The highest BCUT2D eigenvalue weighted by Crippen LogP contribution is 2.54. The number of hydrogen-bond donors (Lipinski definition) is 0. The van der Waals surface area contributed by atoms with Crippen molar-refractivity contribution in [1.29, 1.82) is 0 Å². The van der Waals surface area contributed by atoms with Crippen LogP contribution in [0.5, 0.6) is 0 Å². The summed E-state index contributed by atoms with van der Waals surface area (Å²) in [4.78, 5) is 0. The van der Waals surface area contributed by atoms with E-state index in [1.165, 1.54) is 0 Å². The molecule has 2 nitrogen and oxygen atoms in total. The van der Waals surface area contributed by atoms with Crippen molar-refractivity contribution in [3.8, 4) is 11.1 Å². The summed E-state index contributed by atoms with van der Waals surface area (Å²) in [7, 11) is 3.20. The standard InChI is InChI=1S/C16H14Cl2O2/c1-9-7-8-11-10-5-4-6-12(17)13(10)16(19-2,20-3)14(11)15(9)18/h4-8H,1-3H3. The molecule has 0 bridgehead atoms. The number of rotatable bonds is 2. The van der Waals surface area contributed by atoms with Crippen LogP contribution in [0.15, 0.2) is 30.3 Å². The van der Waals surface area contributed by atoms with Gasteiger partial charge < -0.3 is 9.47 Å². The van der Waals surface area contributed by atoms with Gasteiger partial charge in [0, 0.05) is 25.3 Å². The molecule has 0 aromatic heterocycles. The van der Waals surface area contributed by atoms with Crippen LogP contribution in [0.3, 0.4) is 0 Å². The average molecular weight is 309 g/mol. The number of fused-ring (bicyclic) bond motifs is 3. The Hall–Kier alpha value is -1.06. The highest BCUT2D eigenvalue weighted by atomic mass is 35.5. The monoisotopic (exact) mass is 308 g/mol. The summed E-state index contributed by atoms with van der Waals surface area (Å²) in [6, 6.07) is 9.78. The van der Waals surface area contributed by atoms with E-state index in [4.69, 9.17) is 32.7 Å². The molecule has 2 aromatic rings. The van der Waals surface area contributed by atoms with Gasteiger partial charge in [0.25, 0.3) is 0 Å². The predicted octanol–water partition coefficient (Wildman–Crippen LogP) is 4.78. The van der Waals surface area contributed by atoms with Gasteiger partial charge in [0.2, 0.25) is 5.79 Å². The first-order valence-electron chi connectivity index (χ1n) is 6.26. The van der Waals surface area contributed by atoms with E-state index in [1.807, 2.05) is 37.3 Å². The van der Waals surface area contributed by atoms with Crippen molar-refractivity contribution in [2.75, 3.05) is 14.2 Å². The molecule has 104 valence electrons. The summed E-state index contributed by atoms with van der Waals surface area (Å²) in [6.07, 6.45) is 0. The van der Waals surface area contributed by atoms with Gasteiger partial charge in [-0.3, -0.25) is 0 Å². The second-order valence-electron chi connectivity index (χ2n) is 4.81. The molecule has 0 fully saturated rings. The molecule has 0 atom stereocenters. The van der Waals surface area contributed by atoms with Crippen molar-refractivity contribution in [1.82, 2.24) is 0 Å². The van der Waals surface area contributed by atoms with Gasteiger partial charge in [-0.25, -0.2) is 0 Å². The van der Waals surface area contributed by atoms with Crippen LogP contribution in [0, 0.1) is 6.92 Å². The van der Waals surface area contributed by atoms with Gasteiger partial charge >= 0.3 is 0 Å². The zero-order valence-corrected chi connectivity index (χ0v) is 13.0. The zero-order chi connectivity index (χ0) is 14.5. The quantitative estimate of drug-likeness (QED) is 0.744. The Morgan fingerprint density at radius 3 is 2.20 bits per heavy atom. The summed E-state index contributed by atoms with van der Waals surface area (Å²) in [5, 5.41) is 1.26. The molecule has 0 amide bonds. The number of ether oxygens (including phenoxy) is 2. The molecule has 4 heteroatoms. The van der Waals surface area contributed by atoms with E-state index in [-0.39, 0.29) is 0 Å². The minimum Gasteiger partial charge on any atom is -0.345 e. The van der Waals surface area contributed by atoms with Crippen LogP contribution in [-0.2, 0) is 15.3 Å². The lowest BCUT2D eigenvalue weighted by Gasteiger charge is -2.30. The van der Waals surface area contributed by atoms with Crippen molar-refractivity contribution in [3.63, 3.8) is 0 Å². The Labute approximate surface area is 128 Å². The predicted molar refractivity (Wildman–Crippen MR) is 81.4 cm³/mol. The third kappa shape index (κ3) is 1.60. The van der Waals surface area contributed by atoms with Crippen molar-refractivity contribution < 1.29 is 9.47 Å². The third-order valence-electron chi connectivity index (χ3n) is 3.87. The highest BCUT2D eigenvalue weighted by molar-refractivity contribution is 6.34. The van der Waals surface area contributed by atoms with E-state index < -0.39 is 5.79 Å². The highest BCUT2D eigenvalue weighted by Gasteiger charge is 2.47. The maximum atomic E-state index is 6.52. The largest absolute Gasteiger partial charge is 0.345 e. The van der Waals surface area contributed by atoms with E-state index in [0.29, 0.717) is 10.0 Å². The lowest BCUT2D eigenvalue weighted by molar-refractivity contribution is -0.180. The molecule has 0 saturated heterocycles.